The van der Waals surface area contributed by atoms with E-state index in [1.807, 2.05) is 30.3 Å². The van der Waals surface area contributed by atoms with Gasteiger partial charge in [-0.25, -0.2) is 9.97 Å². The highest BCUT2D eigenvalue weighted by atomic mass is 79.9. The number of benzene rings is 1. The molecule has 2 aromatic heterocycles. The average Bonchev–Trinajstić information content (AvgIpc) is 2.99. The van der Waals surface area contributed by atoms with E-state index < -0.39 is 5.97 Å². The predicted octanol–water partition coefficient (Wildman–Crippen LogP) is 3.65. The molecule has 22 heavy (non-hydrogen) atoms. The van der Waals surface area contributed by atoms with Gasteiger partial charge in [-0.3, -0.25) is 4.79 Å². The van der Waals surface area contributed by atoms with Gasteiger partial charge in [0.2, 0.25) is 5.89 Å². The number of oxazole rings is 1. The number of rotatable bonds is 4. The summed E-state index contributed by atoms with van der Waals surface area (Å²) in [6, 6.07) is 12.8. The van der Waals surface area contributed by atoms with Crippen LogP contribution >= 0.6 is 15.9 Å². The maximum atomic E-state index is 11.9. The van der Waals surface area contributed by atoms with E-state index in [1.54, 1.807) is 18.3 Å². The van der Waals surface area contributed by atoms with Crippen LogP contribution in [0.4, 0.5) is 0 Å². The summed E-state index contributed by atoms with van der Waals surface area (Å²) >= 11 is 3.22. The van der Waals surface area contributed by atoms with Gasteiger partial charge in [0.25, 0.3) is 0 Å². The first kappa shape index (κ1) is 14.5. The number of hydrogen-bond donors (Lipinski definition) is 0. The zero-order valence-corrected chi connectivity index (χ0v) is 13.0. The van der Waals surface area contributed by atoms with Crippen molar-refractivity contribution < 1.29 is 13.9 Å². The molecule has 0 spiro atoms. The van der Waals surface area contributed by atoms with Gasteiger partial charge in [-0.2, -0.15) is 0 Å². The number of carbonyl (C=O) groups excluding carboxylic acids is 1. The molecule has 3 aromatic rings. The summed E-state index contributed by atoms with van der Waals surface area (Å²) in [5.74, 6) is 0.423. The number of hydrogen-bond acceptors (Lipinski definition) is 5. The molecule has 0 aliphatic rings. The van der Waals surface area contributed by atoms with Crippen LogP contribution in [0.3, 0.4) is 0 Å². The van der Waals surface area contributed by atoms with Crippen molar-refractivity contribution >= 4 is 21.9 Å². The molecule has 2 heterocycles. The third-order valence-electron chi connectivity index (χ3n) is 2.85. The molecule has 0 radical (unpaired) electrons. The van der Waals surface area contributed by atoms with Crippen LogP contribution in [0, 0.1) is 0 Å². The monoisotopic (exact) mass is 358 g/mol. The van der Waals surface area contributed by atoms with Gasteiger partial charge in [0.05, 0.1) is 12.1 Å². The summed E-state index contributed by atoms with van der Waals surface area (Å²) < 4.78 is 11.1. The fourth-order valence-corrected chi connectivity index (χ4v) is 2.19. The van der Waals surface area contributed by atoms with E-state index in [-0.39, 0.29) is 6.42 Å². The Balaban J connectivity index is 1.68. The minimum absolute atomic E-state index is 0.0255. The smallest absolute Gasteiger partial charge is 0.317 e. The molecule has 5 nitrogen and oxygen atoms in total. The molecule has 0 bridgehead atoms. The molecular formula is C16H11BrN2O3. The van der Waals surface area contributed by atoms with Crippen molar-refractivity contribution in [2.75, 3.05) is 0 Å². The molecule has 0 fully saturated rings. The van der Waals surface area contributed by atoms with Gasteiger partial charge in [0.15, 0.2) is 5.75 Å². The van der Waals surface area contributed by atoms with Crippen LogP contribution in [0.15, 0.2) is 63.9 Å². The van der Waals surface area contributed by atoms with Gasteiger partial charge >= 0.3 is 5.97 Å². The van der Waals surface area contributed by atoms with Crippen molar-refractivity contribution in [3.8, 4) is 17.2 Å². The first-order valence-corrected chi connectivity index (χ1v) is 7.33. The summed E-state index contributed by atoms with van der Waals surface area (Å²) in [7, 11) is 0. The molecular weight excluding hydrogens is 348 g/mol. The van der Waals surface area contributed by atoms with Crippen LogP contribution in [-0.4, -0.2) is 15.9 Å². The first-order valence-electron chi connectivity index (χ1n) is 6.53. The molecule has 6 heteroatoms. The summed E-state index contributed by atoms with van der Waals surface area (Å²) in [6.07, 6.45) is 3.09. The highest BCUT2D eigenvalue weighted by Crippen LogP contribution is 2.22. The van der Waals surface area contributed by atoms with E-state index in [0.717, 1.165) is 5.56 Å². The molecule has 0 saturated heterocycles. The Morgan fingerprint density at radius 3 is 2.77 bits per heavy atom. The van der Waals surface area contributed by atoms with Crippen molar-refractivity contribution in [3.63, 3.8) is 0 Å². The maximum Gasteiger partial charge on any atom is 0.317 e. The molecule has 0 atom stereocenters. The number of pyridine rings is 1. The largest absolute Gasteiger partial charge is 0.444 e. The number of carbonyl (C=O) groups is 1. The molecule has 0 aliphatic heterocycles. The van der Waals surface area contributed by atoms with Gasteiger partial charge in [-0.15, -0.1) is 0 Å². The van der Waals surface area contributed by atoms with Gasteiger partial charge in [0.1, 0.15) is 10.9 Å². The lowest BCUT2D eigenvalue weighted by Crippen LogP contribution is -2.12. The van der Waals surface area contributed by atoms with Gasteiger partial charge in [0, 0.05) is 11.8 Å². The number of nitrogens with zero attached hydrogens (tertiary/aromatic N) is 2. The van der Waals surface area contributed by atoms with Crippen molar-refractivity contribution in [1.29, 1.82) is 0 Å². The van der Waals surface area contributed by atoms with Crippen molar-refractivity contribution in [2.45, 2.75) is 6.42 Å². The third-order valence-corrected chi connectivity index (χ3v) is 3.44. The van der Waals surface area contributed by atoms with Crippen molar-refractivity contribution in [2.24, 2.45) is 0 Å². The second-order valence-corrected chi connectivity index (χ2v) is 5.20. The second-order valence-electron chi connectivity index (χ2n) is 4.45. The van der Waals surface area contributed by atoms with Crippen LogP contribution in [0.25, 0.3) is 11.5 Å². The molecule has 0 amide bonds. The standard InChI is InChI=1S/C16H11BrN2O3/c17-15-13(7-4-8-18-15)22-14(20)9-12-10-21-16(19-12)11-5-2-1-3-6-11/h1-8,10H,9H2. The Morgan fingerprint density at radius 2 is 2.00 bits per heavy atom. The lowest BCUT2D eigenvalue weighted by molar-refractivity contribution is -0.133. The fraction of sp³-hybridized carbons (Fsp3) is 0.0625. The Kier molecular flexibility index (Phi) is 4.29. The zero-order valence-electron chi connectivity index (χ0n) is 11.4. The Bertz CT molecular complexity index is 787. The SMILES string of the molecule is O=C(Cc1coc(-c2ccccc2)n1)Oc1cccnc1Br. The highest BCUT2D eigenvalue weighted by Gasteiger charge is 2.13. The zero-order chi connectivity index (χ0) is 15.4. The summed E-state index contributed by atoms with van der Waals surface area (Å²) in [4.78, 5) is 20.2. The van der Waals surface area contributed by atoms with Crippen molar-refractivity contribution in [3.05, 3.63) is 65.2 Å². The molecule has 0 N–H and O–H groups in total. The Morgan fingerprint density at radius 1 is 1.18 bits per heavy atom. The molecule has 0 aliphatic carbocycles. The molecule has 3 rings (SSSR count). The number of ether oxygens (including phenoxy) is 1. The van der Waals surface area contributed by atoms with Crippen molar-refractivity contribution in [1.82, 2.24) is 9.97 Å². The summed E-state index contributed by atoms with van der Waals surface area (Å²) in [5.41, 5.74) is 1.38. The molecule has 1 aromatic carbocycles. The first-order chi connectivity index (χ1) is 10.7. The van der Waals surface area contributed by atoms with Gasteiger partial charge < -0.3 is 9.15 Å². The topological polar surface area (TPSA) is 65.2 Å². The Hall–Kier alpha value is -2.47. The van der Waals surface area contributed by atoms with Crippen LogP contribution < -0.4 is 4.74 Å². The lowest BCUT2D eigenvalue weighted by atomic mass is 10.2. The van der Waals surface area contributed by atoms with Crippen LogP contribution in [0.5, 0.6) is 5.75 Å². The maximum absolute atomic E-state index is 11.9. The normalized spacial score (nSPS) is 10.4. The van der Waals surface area contributed by atoms with E-state index in [4.69, 9.17) is 9.15 Å². The average molecular weight is 359 g/mol. The van der Waals surface area contributed by atoms with Gasteiger partial charge in [-0.1, -0.05) is 18.2 Å². The fourth-order valence-electron chi connectivity index (χ4n) is 1.86. The quantitative estimate of drug-likeness (QED) is 0.526. The van der Waals surface area contributed by atoms with E-state index in [0.29, 0.717) is 21.9 Å². The molecule has 0 saturated carbocycles. The molecule has 110 valence electrons. The van der Waals surface area contributed by atoms with E-state index in [9.17, 15) is 4.79 Å². The predicted molar refractivity (Wildman–Crippen MR) is 83.2 cm³/mol. The number of halogens is 1. The Labute approximate surface area is 135 Å². The van der Waals surface area contributed by atoms with Crippen LogP contribution in [0.2, 0.25) is 0 Å². The van der Waals surface area contributed by atoms with Gasteiger partial charge in [-0.05, 0) is 40.2 Å². The third kappa shape index (κ3) is 3.40. The van der Waals surface area contributed by atoms with Crippen LogP contribution in [0.1, 0.15) is 5.69 Å². The minimum Gasteiger partial charge on any atom is -0.444 e. The number of esters is 1. The lowest BCUT2D eigenvalue weighted by Gasteiger charge is -2.03. The molecule has 0 unspecified atom stereocenters. The number of aromatic nitrogens is 2. The van der Waals surface area contributed by atoms with Crippen LogP contribution in [-0.2, 0) is 11.2 Å². The van der Waals surface area contributed by atoms with E-state index in [1.165, 1.54) is 6.26 Å². The van der Waals surface area contributed by atoms with E-state index in [2.05, 4.69) is 25.9 Å². The summed E-state index contributed by atoms with van der Waals surface area (Å²) in [5, 5.41) is 0. The van der Waals surface area contributed by atoms with E-state index >= 15 is 0 Å². The summed E-state index contributed by atoms with van der Waals surface area (Å²) in [6.45, 7) is 0. The minimum atomic E-state index is -0.429. The second kappa shape index (κ2) is 6.53. The highest BCUT2D eigenvalue weighted by molar-refractivity contribution is 9.10.